The van der Waals surface area contributed by atoms with E-state index in [1.807, 2.05) is 30.9 Å². The molecule has 31 heavy (non-hydrogen) atoms. The molecule has 0 atom stereocenters. The zero-order chi connectivity index (χ0) is 22.3. The van der Waals surface area contributed by atoms with Gasteiger partial charge in [-0.15, -0.1) is 11.3 Å². The quantitative estimate of drug-likeness (QED) is 0.746. The van der Waals surface area contributed by atoms with Gasteiger partial charge in [-0.1, -0.05) is 38.1 Å². The van der Waals surface area contributed by atoms with Crippen LogP contribution in [-0.2, 0) is 13.0 Å². The summed E-state index contributed by atoms with van der Waals surface area (Å²) >= 11 is 0.966. The maximum absolute atomic E-state index is 13.4. The van der Waals surface area contributed by atoms with Crippen LogP contribution < -0.4 is 5.73 Å². The SMILES string of the molecule is CC1(C)CC(=O)c2c(C(=O)O)sc(C(=O)N3CCC(c4cccc(CN)c4)CC3)c2C1. The number of hydrogen-bond acceptors (Lipinski definition) is 5. The molecule has 1 aromatic carbocycles. The molecule has 6 nitrogen and oxygen atoms in total. The van der Waals surface area contributed by atoms with Crippen LogP contribution >= 0.6 is 11.3 Å². The van der Waals surface area contributed by atoms with Crippen LogP contribution in [0.4, 0.5) is 0 Å². The van der Waals surface area contributed by atoms with Gasteiger partial charge in [0, 0.05) is 31.6 Å². The van der Waals surface area contributed by atoms with Crippen LogP contribution in [0, 0.1) is 5.41 Å². The van der Waals surface area contributed by atoms with E-state index in [1.165, 1.54) is 5.56 Å². The van der Waals surface area contributed by atoms with Gasteiger partial charge in [-0.05, 0) is 47.3 Å². The average Bonchev–Trinajstić information content (AvgIpc) is 3.12. The van der Waals surface area contributed by atoms with Crippen molar-refractivity contribution in [2.75, 3.05) is 13.1 Å². The summed E-state index contributed by atoms with van der Waals surface area (Å²) in [6.07, 6.45) is 2.55. The Morgan fingerprint density at radius 2 is 1.90 bits per heavy atom. The molecule has 2 aromatic rings. The standard InChI is InChI=1S/C24H28N2O4S/c1-24(2)11-17-19(18(27)12-24)21(23(29)30)31-20(17)22(28)26-8-6-15(7-9-26)16-5-3-4-14(10-16)13-25/h3-5,10,15H,6-9,11-13,25H2,1-2H3,(H,29,30). The molecule has 1 aliphatic heterocycles. The van der Waals surface area contributed by atoms with Gasteiger partial charge < -0.3 is 15.7 Å². The van der Waals surface area contributed by atoms with Gasteiger partial charge in [0.2, 0.25) is 0 Å². The second kappa shape index (κ2) is 8.20. The summed E-state index contributed by atoms with van der Waals surface area (Å²) in [4.78, 5) is 40.1. The Morgan fingerprint density at radius 1 is 1.19 bits per heavy atom. The van der Waals surface area contributed by atoms with Crippen molar-refractivity contribution in [2.24, 2.45) is 11.1 Å². The van der Waals surface area contributed by atoms with Crippen LogP contribution in [0.2, 0.25) is 0 Å². The molecule has 0 spiro atoms. The molecule has 3 N–H and O–H groups in total. The third-order valence-corrected chi connectivity index (χ3v) is 7.62. The third-order valence-electron chi connectivity index (χ3n) is 6.41. The molecule has 2 aliphatic rings. The summed E-state index contributed by atoms with van der Waals surface area (Å²) in [5.41, 5.74) is 8.73. The van der Waals surface area contributed by atoms with Crippen molar-refractivity contribution in [1.82, 2.24) is 4.90 Å². The maximum atomic E-state index is 13.4. The number of rotatable bonds is 4. The largest absolute Gasteiger partial charge is 0.477 e. The molecule has 1 aromatic heterocycles. The van der Waals surface area contributed by atoms with E-state index in [2.05, 4.69) is 12.1 Å². The van der Waals surface area contributed by atoms with E-state index < -0.39 is 5.97 Å². The van der Waals surface area contributed by atoms with Gasteiger partial charge in [-0.25, -0.2) is 4.79 Å². The number of amides is 1. The Morgan fingerprint density at radius 3 is 2.55 bits per heavy atom. The Kier molecular flexibility index (Phi) is 5.75. The number of carbonyl (C=O) groups is 3. The van der Waals surface area contributed by atoms with Crippen molar-refractivity contribution in [2.45, 2.75) is 52.0 Å². The highest BCUT2D eigenvalue weighted by Crippen LogP contribution is 2.42. The molecule has 0 saturated carbocycles. The van der Waals surface area contributed by atoms with Crippen LogP contribution in [0.25, 0.3) is 0 Å². The Hall–Kier alpha value is -2.51. The van der Waals surface area contributed by atoms with E-state index >= 15 is 0 Å². The molecule has 1 saturated heterocycles. The number of hydrogen-bond donors (Lipinski definition) is 2. The van der Waals surface area contributed by atoms with Crippen molar-refractivity contribution in [3.63, 3.8) is 0 Å². The van der Waals surface area contributed by atoms with Crippen LogP contribution in [0.15, 0.2) is 24.3 Å². The second-order valence-electron chi connectivity index (χ2n) is 9.38. The fourth-order valence-electron chi connectivity index (χ4n) is 4.85. The van der Waals surface area contributed by atoms with E-state index in [4.69, 9.17) is 5.73 Å². The summed E-state index contributed by atoms with van der Waals surface area (Å²) < 4.78 is 0. The molecule has 0 unspecified atom stereocenters. The highest BCUT2D eigenvalue weighted by atomic mass is 32.1. The minimum Gasteiger partial charge on any atom is -0.477 e. The summed E-state index contributed by atoms with van der Waals surface area (Å²) in [6.45, 7) is 5.71. The van der Waals surface area contributed by atoms with Crippen molar-refractivity contribution in [1.29, 1.82) is 0 Å². The number of benzene rings is 1. The number of nitrogens with two attached hydrogens (primary N) is 1. The Bertz CT molecular complexity index is 1050. The Labute approximate surface area is 186 Å². The highest BCUT2D eigenvalue weighted by molar-refractivity contribution is 7.16. The van der Waals surface area contributed by atoms with Crippen LogP contribution in [0.3, 0.4) is 0 Å². The lowest BCUT2D eigenvalue weighted by molar-refractivity contribution is 0.0691. The van der Waals surface area contributed by atoms with Crippen molar-refractivity contribution < 1.29 is 19.5 Å². The Balaban J connectivity index is 1.56. The first-order chi connectivity index (χ1) is 14.7. The number of ketones is 1. The van der Waals surface area contributed by atoms with E-state index in [1.54, 1.807) is 0 Å². The minimum absolute atomic E-state index is 0.00679. The fourth-order valence-corrected chi connectivity index (χ4v) is 5.99. The van der Waals surface area contributed by atoms with Gasteiger partial charge in [0.25, 0.3) is 5.91 Å². The summed E-state index contributed by atoms with van der Waals surface area (Å²) in [7, 11) is 0. The molecule has 2 heterocycles. The number of carboxylic acids is 1. The third kappa shape index (κ3) is 4.16. The van der Waals surface area contributed by atoms with Gasteiger partial charge in [0.05, 0.1) is 4.88 Å². The number of carbonyl (C=O) groups excluding carboxylic acids is 2. The number of Topliss-reactive ketones (excluding diaryl/α,β-unsaturated/α-hetero) is 1. The van der Waals surface area contributed by atoms with Crippen molar-refractivity contribution in [3.05, 3.63) is 56.3 Å². The van der Waals surface area contributed by atoms with Gasteiger partial charge in [-0.3, -0.25) is 9.59 Å². The molecule has 4 rings (SSSR count). The van der Waals surface area contributed by atoms with E-state index in [0.717, 1.165) is 29.7 Å². The van der Waals surface area contributed by atoms with Gasteiger partial charge >= 0.3 is 5.97 Å². The van der Waals surface area contributed by atoms with E-state index in [9.17, 15) is 19.5 Å². The molecule has 7 heteroatoms. The predicted octanol–water partition coefficient (Wildman–Crippen LogP) is 4.08. The van der Waals surface area contributed by atoms with Gasteiger partial charge in [0.1, 0.15) is 4.88 Å². The number of carboxylic acid groups (broad SMARTS) is 1. The maximum Gasteiger partial charge on any atom is 0.346 e. The molecule has 1 fully saturated rings. The zero-order valence-corrected chi connectivity index (χ0v) is 18.8. The number of nitrogens with zero attached hydrogens (tertiary/aromatic N) is 1. The minimum atomic E-state index is -1.13. The molecule has 0 bridgehead atoms. The molecular weight excluding hydrogens is 412 g/mol. The monoisotopic (exact) mass is 440 g/mol. The fraction of sp³-hybridized carbons (Fsp3) is 0.458. The zero-order valence-electron chi connectivity index (χ0n) is 17.9. The second-order valence-corrected chi connectivity index (χ2v) is 10.4. The first kappa shape index (κ1) is 21.7. The number of thiophene rings is 1. The molecule has 1 amide bonds. The molecular formula is C24H28N2O4S. The first-order valence-corrected chi connectivity index (χ1v) is 11.5. The lowest BCUT2D eigenvalue weighted by Gasteiger charge is -2.33. The lowest BCUT2D eigenvalue weighted by Crippen LogP contribution is -2.38. The smallest absolute Gasteiger partial charge is 0.346 e. The average molecular weight is 441 g/mol. The lowest BCUT2D eigenvalue weighted by atomic mass is 9.73. The van der Waals surface area contributed by atoms with E-state index in [0.29, 0.717) is 48.8 Å². The van der Waals surface area contributed by atoms with Gasteiger partial charge in [0.15, 0.2) is 5.78 Å². The molecule has 164 valence electrons. The first-order valence-electron chi connectivity index (χ1n) is 10.7. The van der Waals surface area contributed by atoms with Crippen LogP contribution in [-0.4, -0.2) is 40.8 Å². The number of piperidine rings is 1. The van der Waals surface area contributed by atoms with Crippen molar-refractivity contribution >= 4 is 29.0 Å². The molecule has 1 aliphatic carbocycles. The number of fused-ring (bicyclic) bond motifs is 1. The summed E-state index contributed by atoms with van der Waals surface area (Å²) in [5.74, 6) is -1.07. The van der Waals surface area contributed by atoms with Crippen molar-refractivity contribution in [3.8, 4) is 0 Å². The number of likely N-dealkylation sites (tertiary alicyclic amines) is 1. The predicted molar refractivity (Wildman–Crippen MR) is 120 cm³/mol. The molecule has 0 radical (unpaired) electrons. The van der Waals surface area contributed by atoms with Gasteiger partial charge in [-0.2, -0.15) is 0 Å². The van der Waals surface area contributed by atoms with Crippen LogP contribution in [0.1, 0.15) is 85.4 Å². The summed E-state index contributed by atoms with van der Waals surface area (Å²) in [5, 5.41) is 9.62. The highest BCUT2D eigenvalue weighted by Gasteiger charge is 2.40. The topological polar surface area (TPSA) is 101 Å². The normalized spacial score (nSPS) is 18.7. The number of aromatic carboxylic acids is 1. The van der Waals surface area contributed by atoms with Crippen LogP contribution in [0.5, 0.6) is 0 Å². The summed E-state index contributed by atoms with van der Waals surface area (Å²) in [6, 6.07) is 8.30. The van der Waals surface area contributed by atoms with E-state index in [-0.39, 0.29) is 27.5 Å².